The van der Waals surface area contributed by atoms with E-state index in [1.807, 2.05) is 0 Å². The van der Waals surface area contributed by atoms with E-state index in [1.165, 1.54) is 19.3 Å². The van der Waals surface area contributed by atoms with Crippen LogP contribution in [0.4, 0.5) is 0 Å². The Morgan fingerprint density at radius 2 is 2.25 bits per heavy atom. The van der Waals surface area contributed by atoms with Gasteiger partial charge in [-0.05, 0) is 25.3 Å². The Morgan fingerprint density at radius 1 is 1.44 bits per heavy atom. The van der Waals surface area contributed by atoms with Gasteiger partial charge in [0.05, 0.1) is 6.04 Å². The standard InChI is InChI=1S/C12H22N4/c1-4-9-5-6-13-10(7-9)12-14-11(8(2)3)15-16-12/h8-10,13H,4-7H2,1-3H3,(H,14,15,16). The number of rotatable bonds is 3. The third kappa shape index (κ3) is 2.43. The highest BCUT2D eigenvalue weighted by Gasteiger charge is 2.24. The number of hydrogen-bond acceptors (Lipinski definition) is 3. The van der Waals surface area contributed by atoms with Gasteiger partial charge in [0, 0.05) is 5.92 Å². The van der Waals surface area contributed by atoms with E-state index < -0.39 is 0 Å². The van der Waals surface area contributed by atoms with Crippen LogP contribution in [0.25, 0.3) is 0 Å². The summed E-state index contributed by atoms with van der Waals surface area (Å²) in [6, 6.07) is 0.374. The molecule has 2 heterocycles. The number of aromatic nitrogens is 3. The van der Waals surface area contributed by atoms with Crippen LogP contribution in [0.5, 0.6) is 0 Å². The van der Waals surface area contributed by atoms with Crippen molar-refractivity contribution in [2.75, 3.05) is 6.54 Å². The lowest BCUT2D eigenvalue weighted by Crippen LogP contribution is -2.32. The molecule has 0 aromatic carbocycles. The van der Waals surface area contributed by atoms with Crippen LogP contribution in [0.1, 0.15) is 63.6 Å². The van der Waals surface area contributed by atoms with Crippen LogP contribution in [0.2, 0.25) is 0 Å². The van der Waals surface area contributed by atoms with Gasteiger partial charge in [0.25, 0.3) is 0 Å². The van der Waals surface area contributed by atoms with E-state index in [1.54, 1.807) is 0 Å². The van der Waals surface area contributed by atoms with E-state index in [9.17, 15) is 0 Å². The molecule has 1 aromatic heterocycles. The summed E-state index contributed by atoms with van der Waals surface area (Å²) in [6.07, 6.45) is 3.74. The Hall–Kier alpha value is -0.900. The minimum atomic E-state index is 0.374. The van der Waals surface area contributed by atoms with Gasteiger partial charge in [-0.15, -0.1) is 0 Å². The lowest BCUT2D eigenvalue weighted by atomic mass is 9.90. The fraction of sp³-hybridized carbons (Fsp3) is 0.833. The Labute approximate surface area is 97.2 Å². The highest BCUT2D eigenvalue weighted by atomic mass is 15.2. The molecule has 1 aliphatic heterocycles. The van der Waals surface area contributed by atoms with Crippen molar-refractivity contribution in [2.45, 2.75) is 52.0 Å². The van der Waals surface area contributed by atoms with Crippen LogP contribution >= 0.6 is 0 Å². The first-order valence-corrected chi connectivity index (χ1v) is 6.36. The minimum Gasteiger partial charge on any atom is -0.307 e. The SMILES string of the molecule is CCC1CCNC(c2nc(C(C)C)n[nH]2)C1. The monoisotopic (exact) mass is 222 g/mol. The summed E-state index contributed by atoms with van der Waals surface area (Å²) >= 11 is 0. The molecule has 1 fully saturated rings. The number of nitrogens with zero attached hydrogens (tertiary/aromatic N) is 2. The van der Waals surface area contributed by atoms with Gasteiger partial charge in [-0.3, -0.25) is 5.10 Å². The first-order valence-electron chi connectivity index (χ1n) is 6.36. The fourth-order valence-corrected chi connectivity index (χ4v) is 2.28. The summed E-state index contributed by atoms with van der Waals surface area (Å²) in [7, 11) is 0. The summed E-state index contributed by atoms with van der Waals surface area (Å²) < 4.78 is 0. The molecular weight excluding hydrogens is 200 g/mol. The summed E-state index contributed by atoms with van der Waals surface area (Å²) in [6.45, 7) is 7.61. The Morgan fingerprint density at radius 3 is 2.88 bits per heavy atom. The summed E-state index contributed by atoms with van der Waals surface area (Å²) in [5.74, 6) is 3.17. The topological polar surface area (TPSA) is 53.6 Å². The normalized spacial score (nSPS) is 26.2. The van der Waals surface area contributed by atoms with E-state index in [0.29, 0.717) is 12.0 Å². The zero-order valence-electron chi connectivity index (χ0n) is 10.5. The molecule has 0 bridgehead atoms. The van der Waals surface area contributed by atoms with E-state index in [-0.39, 0.29) is 0 Å². The van der Waals surface area contributed by atoms with Crippen molar-refractivity contribution in [3.05, 3.63) is 11.6 Å². The van der Waals surface area contributed by atoms with Gasteiger partial charge in [-0.1, -0.05) is 27.2 Å². The molecule has 4 heteroatoms. The van der Waals surface area contributed by atoms with Crippen LogP contribution < -0.4 is 5.32 Å². The van der Waals surface area contributed by atoms with E-state index in [0.717, 1.165) is 24.1 Å². The van der Waals surface area contributed by atoms with Gasteiger partial charge in [0.2, 0.25) is 0 Å². The maximum Gasteiger partial charge on any atom is 0.153 e. The van der Waals surface area contributed by atoms with Crippen molar-refractivity contribution in [3.63, 3.8) is 0 Å². The van der Waals surface area contributed by atoms with Crippen molar-refractivity contribution >= 4 is 0 Å². The van der Waals surface area contributed by atoms with Gasteiger partial charge < -0.3 is 5.32 Å². The maximum absolute atomic E-state index is 4.57. The molecule has 2 rings (SSSR count). The van der Waals surface area contributed by atoms with Crippen molar-refractivity contribution in [1.29, 1.82) is 0 Å². The van der Waals surface area contributed by atoms with Gasteiger partial charge in [0.1, 0.15) is 5.82 Å². The van der Waals surface area contributed by atoms with Crippen molar-refractivity contribution in [3.8, 4) is 0 Å². The fourth-order valence-electron chi connectivity index (χ4n) is 2.28. The molecule has 0 amide bonds. The lowest BCUT2D eigenvalue weighted by molar-refractivity contribution is 0.291. The van der Waals surface area contributed by atoms with E-state index in [4.69, 9.17) is 0 Å². The maximum atomic E-state index is 4.57. The molecule has 4 nitrogen and oxygen atoms in total. The Kier molecular flexibility index (Phi) is 3.59. The Bertz CT molecular complexity index is 332. The number of piperidine rings is 1. The molecule has 0 saturated carbocycles. The second-order valence-corrected chi connectivity index (χ2v) is 5.04. The first-order chi connectivity index (χ1) is 7.70. The first kappa shape index (κ1) is 11.6. The van der Waals surface area contributed by atoms with Crippen LogP contribution in [0.15, 0.2) is 0 Å². The van der Waals surface area contributed by atoms with Crippen molar-refractivity contribution in [2.24, 2.45) is 5.92 Å². The summed E-state index contributed by atoms with van der Waals surface area (Å²) in [4.78, 5) is 4.57. The molecular formula is C12H22N4. The zero-order valence-corrected chi connectivity index (χ0v) is 10.5. The van der Waals surface area contributed by atoms with Crippen LogP contribution in [0.3, 0.4) is 0 Å². The number of H-pyrrole nitrogens is 1. The summed E-state index contributed by atoms with van der Waals surface area (Å²) in [5.41, 5.74) is 0. The predicted molar refractivity (Wildman–Crippen MR) is 64.2 cm³/mol. The van der Waals surface area contributed by atoms with Crippen molar-refractivity contribution in [1.82, 2.24) is 20.5 Å². The second-order valence-electron chi connectivity index (χ2n) is 5.04. The number of hydrogen-bond donors (Lipinski definition) is 2. The third-order valence-electron chi connectivity index (χ3n) is 3.46. The molecule has 1 saturated heterocycles. The molecule has 1 aliphatic rings. The van der Waals surface area contributed by atoms with Crippen LogP contribution in [-0.2, 0) is 0 Å². The molecule has 2 unspecified atom stereocenters. The van der Waals surface area contributed by atoms with Gasteiger partial charge in [-0.25, -0.2) is 4.98 Å². The highest BCUT2D eigenvalue weighted by molar-refractivity contribution is 5.01. The lowest BCUT2D eigenvalue weighted by Gasteiger charge is -2.28. The van der Waals surface area contributed by atoms with Crippen molar-refractivity contribution < 1.29 is 0 Å². The molecule has 2 N–H and O–H groups in total. The molecule has 0 spiro atoms. The predicted octanol–water partition coefficient (Wildman–Crippen LogP) is 2.38. The highest BCUT2D eigenvalue weighted by Crippen LogP contribution is 2.27. The van der Waals surface area contributed by atoms with Gasteiger partial charge >= 0.3 is 0 Å². The van der Waals surface area contributed by atoms with Crippen LogP contribution in [-0.4, -0.2) is 21.7 Å². The average molecular weight is 222 g/mol. The molecule has 0 radical (unpaired) electrons. The largest absolute Gasteiger partial charge is 0.307 e. The van der Waals surface area contributed by atoms with Gasteiger partial charge in [-0.2, -0.15) is 5.10 Å². The van der Waals surface area contributed by atoms with E-state index >= 15 is 0 Å². The number of nitrogens with one attached hydrogen (secondary N) is 2. The molecule has 90 valence electrons. The average Bonchev–Trinajstić information content (AvgIpc) is 2.78. The summed E-state index contributed by atoms with van der Waals surface area (Å²) in [5, 5.41) is 10.9. The molecule has 1 aromatic rings. The zero-order chi connectivity index (χ0) is 11.5. The molecule has 2 atom stereocenters. The number of aromatic amines is 1. The van der Waals surface area contributed by atoms with Gasteiger partial charge in [0.15, 0.2) is 5.82 Å². The van der Waals surface area contributed by atoms with E-state index in [2.05, 4.69) is 41.3 Å². The smallest absolute Gasteiger partial charge is 0.153 e. The second kappa shape index (κ2) is 4.95. The molecule has 16 heavy (non-hydrogen) atoms. The quantitative estimate of drug-likeness (QED) is 0.825. The Balaban J connectivity index is 2.05. The molecule has 0 aliphatic carbocycles. The minimum absolute atomic E-state index is 0.374. The van der Waals surface area contributed by atoms with Crippen LogP contribution in [0, 0.1) is 5.92 Å². The third-order valence-corrected chi connectivity index (χ3v) is 3.46.